The van der Waals surface area contributed by atoms with Gasteiger partial charge in [0.25, 0.3) is 0 Å². The topological polar surface area (TPSA) is 37.3 Å². The first-order valence-corrected chi connectivity index (χ1v) is 5.73. The highest BCUT2D eigenvalue weighted by atomic mass is 35.5. The van der Waals surface area contributed by atoms with Gasteiger partial charge in [-0.1, -0.05) is 35.9 Å². The molecule has 0 heterocycles. The third-order valence-electron chi connectivity index (χ3n) is 3.05. The Morgan fingerprint density at radius 3 is 2.59 bits per heavy atom. The van der Waals surface area contributed by atoms with E-state index in [0.717, 1.165) is 16.3 Å². The molecule has 0 saturated heterocycles. The van der Waals surface area contributed by atoms with Crippen molar-refractivity contribution in [2.75, 3.05) is 0 Å². The summed E-state index contributed by atoms with van der Waals surface area (Å²) in [4.78, 5) is 11.3. The molecule has 2 rings (SSSR count). The number of halogens is 1. The summed E-state index contributed by atoms with van der Waals surface area (Å²) in [7, 11) is 0. The predicted molar refractivity (Wildman–Crippen MR) is 69.6 cm³/mol. The summed E-state index contributed by atoms with van der Waals surface area (Å²) in [5, 5.41) is 11.8. The maximum Gasteiger partial charge on any atom is 0.313 e. The second-order valence-corrected chi connectivity index (χ2v) is 5.04. The second kappa shape index (κ2) is 4.04. The number of carboxylic acids is 1. The summed E-state index contributed by atoms with van der Waals surface area (Å²) in [6.45, 7) is 3.41. The Morgan fingerprint density at radius 1 is 1.24 bits per heavy atom. The van der Waals surface area contributed by atoms with Crippen molar-refractivity contribution < 1.29 is 9.90 Å². The van der Waals surface area contributed by atoms with Gasteiger partial charge in [0.05, 0.1) is 5.41 Å². The van der Waals surface area contributed by atoms with Crippen molar-refractivity contribution in [1.82, 2.24) is 0 Å². The SMILES string of the molecule is CC(C)(C(=O)O)c1cccc2cc(Cl)ccc12. The van der Waals surface area contributed by atoms with Crippen molar-refractivity contribution in [1.29, 1.82) is 0 Å². The molecule has 0 aliphatic rings. The minimum atomic E-state index is -0.909. The number of fused-ring (bicyclic) bond motifs is 1. The van der Waals surface area contributed by atoms with E-state index in [2.05, 4.69) is 0 Å². The largest absolute Gasteiger partial charge is 0.481 e. The molecule has 1 N–H and O–H groups in total. The van der Waals surface area contributed by atoms with Gasteiger partial charge in [0, 0.05) is 5.02 Å². The Hall–Kier alpha value is -1.54. The highest BCUT2D eigenvalue weighted by Crippen LogP contribution is 2.31. The van der Waals surface area contributed by atoms with Crippen LogP contribution in [-0.4, -0.2) is 11.1 Å². The molecule has 0 fully saturated rings. The van der Waals surface area contributed by atoms with Gasteiger partial charge in [0.1, 0.15) is 0 Å². The van der Waals surface area contributed by atoms with Crippen LogP contribution in [0.25, 0.3) is 10.8 Å². The minimum absolute atomic E-state index is 0.655. The van der Waals surface area contributed by atoms with Gasteiger partial charge >= 0.3 is 5.97 Å². The van der Waals surface area contributed by atoms with Crippen molar-refractivity contribution in [3.63, 3.8) is 0 Å². The van der Waals surface area contributed by atoms with Crippen molar-refractivity contribution in [3.05, 3.63) is 47.0 Å². The molecule has 17 heavy (non-hydrogen) atoms. The zero-order valence-corrected chi connectivity index (χ0v) is 10.5. The normalized spacial score (nSPS) is 11.7. The van der Waals surface area contributed by atoms with Gasteiger partial charge in [-0.2, -0.15) is 0 Å². The van der Waals surface area contributed by atoms with Gasteiger partial charge in [-0.25, -0.2) is 0 Å². The molecule has 0 bridgehead atoms. The molecular weight excluding hydrogens is 236 g/mol. The summed E-state index contributed by atoms with van der Waals surface area (Å²) >= 11 is 5.93. The van der Waals surface area contributed by atoms with Gasteiger partial charge in [-0.15, -0.1) is 0 Å². The Morgan fingerprint density at radius 2 is 1.94 bits per heavy atom. The molecule has 0 amide bonds. The lowest BCUT2D eigenvalue weighted by Crippen LogP contribution is -2.28. The summed E-state index contributed by atoms with van der Waals surface area (Å²) in [5.41, 5.74) is -0.105. The van der Waals surface area contributed by atoms with Crippen LogP contribution in [0.1, 0.15) is 19.4 Å². The number of rotatable bonds is 2. The Balaban J connectivity index is 2.75. The lowest BCUT2D eigenvalue weighted by molar-refractivity contribution is -0.142. The van der Waals surface area contributed by atoms with E-state index in [1.165, 1.54) is 0 Å². The van der Waals surface area contributed by atoms with E-state index in [4.69, 9.17) is 11.6 Å². The van der Waals surface area contributed by atoms with Crippen LogP contribution in [0.15, 0.2) is 36.4 Å². The van der Waals surface area contributed by atoms with Gasteiger partial charge in [-0.3, -0.25) is 4.79 Å². The number of hydrogen-bond donors (Lipinski definition) is 1. The molecule has 0 aromatic heterocycles. The van der Waals surface area contributed by atoms with Gasteiger partial charge in [0.15, 0.2) is 0 Å². The zero-order chi connectivity index (χ0) is 12.6. The lowest BCUT2D eigenvalue weighted by Gasteiger charge is -2.21. The smallest absolute Gasteiger partial charge is 0.313 e. The van der Waals surface area contributed by atoms with Gasteiger partial charge in [0.2, 0.25) is 0 Å². The van der Waals surface area contributed by atoms with Gasteiger partial charge < -0.3 is 5.11 Å². The average Bonchev–Trinajstić information content (AvgIpc) is 2.27. The fraction of sp³-hybridized carbons (Fsp3) is 0.214. The summed E-state index contributed by atoms with van der Waals surface area (Å²) < 4.78 is 0. The van der Waals surface area contributed by atoms with E-state index in [1.54, 1.807) is 19.9 Å². The predicted octanol–water partition coefficient (Wildman–Crippen LogP) is 3.86. The quantitative estimate of drug-likeness (QED) is 0.876. The Kier molecular flexibility index (Phi) is 2.84. The monoisotopic (exact) mass is 248 g/mol. The van der Waals surface area contributed by atoms with E-state index < -0.39 is 11.4 Å². The fourth-order valence-electron chi connectivity index (χ4n) is 1.91. The van der Waals surface area contributed by atoms with Crippen LogP contribution < -0.4 is 0 Å². The molecule has 2 aromatic carbocycles. The molecule has 0 radical (unpaired) electrons. The highest BCUT2D eigenvalue weighted by Gasteiger charge is 2.30. The molecule has 2 aromatic rings. The van der Waals surface area contributed by atoms with Crippen LogP contribution in [0.5, 0.6) is 0 Å². The number of aliphatic carboxylic acids is 1. The van der Waals surface area contributed by atoms with Crippen LogP contribution >= 0.6 is 11.6 Å². The molecule has 0 atom stereocenters. The van der Waals surface area contributed by atoms with E-state index in [1.807, 2.05) is 30.3 Å². The van der Waals surface area contributed by atoms with E-state index in [-0.39, 0.29) is 0 Å². The molecule has 88 valence electrons. The van der Waals surface area contributed by atoms with E-state index >= 15 is 0 Å². The number of benzene rings is 2. The first-order valence-electron chi connectivity index (χ1n) is 5.35. The molecule has 0 spiro atoms. The van der Waals surface area contributed by atoms with Crippen molar-refractivity contribution in [2.24, 2.45) is 0 Å². The number of carboxylic acid groups (broad SMARTS) is 1. The third kappa shape index (κ3) is 2.01. The van der Waals surface area contributed by atoms with Crippen LogP contribution in [0.2, 0.25) is 5.02 Å². The minimum Gasteiger partial charge on any atom is -0.481 e. The van der Waals surface area contributed by atoms with Crippen LogP contribution in [0.4, 0.5) is 0 Å². The fourth-order valence-corrected chi connectivity index (χ4v) is 2.10. The average molecular weight is 249 g/mol. The molecule has 0 aliphatic carbocycles. The maximum atomic E-state index is 11.3. The third-order valence-corrected chi connectivity index (χ3v) is 3.29. The van der Waals surface area contributed by atoms with Crippen molar-refractivity contribution in [2.45, 2.75) is 19.3 Å². The summed E-state index contributed by atoms with van der Waals surface area (Å²) in [6.07, 6.45) is 0. The van der Waals surface area contributed by atoms with Crippen molar-refractivity contribution >= 4 is 28.3 Å². The van der Waals surface area contributed by atoms with E-state index in [9.17, 15) is 9.90 Å². The van der Waals surface area contributed by atoms with Crippen molar-refractivity contribution in [3.8, 4) is 0 Å². The summed E-state index contributed by atoms with van der Waals surface area (Å²) in [6, 6.07) is 11.1. The first kappa shape index (κ1) is 11.9. The molecule has 3 heteroatoms. The standard InChI is InChI=1S/C14H13ClO2/c1-14(2,13(16)17)12-5-3-4-9-8-10(15)6-7-11(9)12/h3-8H,1-2H3,(H,16,17). The highest BCUT2D eigenvalue weighted by molar-refractivity contribution is 6.31. The Labute approximate surface area is 105 Å². The molecule has 0 aliphatic heterocycles. The van der Waals surface area contributed by atoms with Gasteiger partial charge in [-0.05, 0) is 42.3 Å². The molecular formula is C14H13ClO2. The molecule has 0 saturated carbocycles. The summed E-state index contributed by atoms with van der Waals surface area (Å²) in [5.74, 6) is -0.833. The molecule has 0 unspecified atom stereocenters. The second-order valence-electron chi connectivity index (χ2n) is 4.60. The molecule has 2 nitrogen and oxygen atoms in total. The first-order chi connectivity index (χ1) is 7.93. The number of hydrogen-bond acceptors (Lipinski definition) is 1. The van der Waals surface area contributed by atoms with Crippen LogP contribution in [0.3, 0.4) is 0 Å². The zero-order valence-electron chi connectivity index (χ0n) is 9.70. The number of carbonyl (C=O) groups is 1. The van der Waals surface area contributed by atoms with Crippen LogP contribution in [-0.2, 0) is 10.2 Å². The van der Waals surface area contributed by atoms with E-state index in [0.29, 0.717) is 5.02 Å². The Bertz CT molecular complexity index is 588. The maximum absolute atomic E-state index is 11.3. The lowest BCUT2D eigenvalue weighted by atomic mass is 9.82. The van der Waals surface area contributed by atoms with Crippen LogP contribution in [0, 0.1) is 0 Å².